The van der Waals surface area contributed by atoms with Crippen molar-refractivity contribution in [2.75, 3.05) is 27.4 Å². The maximum absolute atomic E-state index is 13.1. The van der Waals surface area contributed by atoms with Gasteiger partial charge in [0.2, 0.25) is 0 Å². The highest BCUT2D eigenvalue weighted by atomic mass is 19.1. The summed E-state index contributed by atoms with van der Waals surface area (Å²) in [6.07, 6.45) is 1.95. The molecule has 7 heteroatoms. The van der Waals surface area contributed by atoms with Crippen LogP contribution in [0.15, 0.2) is 72.9 Å². The van der Waals surface area contributed by atoms with Gasteiger partial charge in [-0.25, -0.2) is 4.39 Å². The monoisotopic (exact) mass is 448 g/mol. The Labute approximate surface area is 191 Å². The number of para-hydroxylation sites is 2. The number of methoxy groups -OCH3 is 2. The molecule has 0 fully saturated rings. The van der Waals surface area contributed by atoms with Crippen LogP contribution < -0.4 is 19.5 Å². The van der Waals surface area contributed by atoms with Crippen molar-refractivity contribution in [1.82, 2.24) is 10.3 Å². The normalized spacial score (nSPS) is 11.7. The zero-order chi connectivity index (χ0) is 23.2. The smallest absolute Gasteiger partial charge is 0.257 e. The molecular formula is C26H25FN2O4. The summed E-state index contributed by atoms with van der Waals surface area (Å²) < 4.78 is 29.7. The molecular weight excluding hydrogens is 423 g/mol. The largest absolute Gasteiger partial charge is 0.493 e. The van der Waals surface area contributed by atoms with Crippen molar-refractivity contribution in [3.05, 3.63) is 89.9 Å². The highest BCUT2D eigenvalue weighted by Crippen LogP contribution is 2.40. The third kappa shape index (κ3) is 4.92. The van der Waals surface area contributed by atoms with E-state index in [-0.39, 0.29) is 24.2 Å². The predicted octanol–water partition coefficient (Wildman–Crippen LogP) is 4.65. The van der Waals surface area contributed by atoms with Gasteiger partial charge in [-0.1, -0.05) is 30.3 Å². The number of fused-ring (bicyclic) bond motifs is 1. The number of benzene rings is 3. The Kier molecular flexibility index (Phi) is 6.78. The van der Waals surface area contributed by atoms with Crippen molar-refractivity contribution < 1.29 is 23.4 Å². The Morgan fingerprint density at radius 2 is 1.76 bits per heavy atom. The van der Waals surface area contributed by atoms with E-state index in [4.69, 9.17) is 14.2 Å². The molecule has 33 heavy (non-hydrogen) atoms. The lowest BCUT2D eigenvalue weighted by atomic mass is 9.90. The molecule has 0 aliphatic heterocycles. The van der Waals surface area contributed by atoms with Gasteiger partial charge in [-0.2, -0.15) is 0 Å². The number of carbonyl (C=O) groups is 1. The predicted molar refractivity (Wildman–Crippen MR) is 125 cm³/mol. The van der Waals surface area contributed by atoms with Gasteiger partial charge in [-0.15, -0.1) is 0 Å². The molecule has 1 aromatic heterocycles. The lowest BCUT2D eigenvalue weighted by molar-refractivity contribution is -0.123. The molecule has 0 aliphatic carbocycles. The van der Waals surface area contributed by atoms with E-state index < -0.39 is 0 Å². The molecule has 0 bridgehead atoms. The molecule has 0 spiro atoms. The number of hydrogen-bond acceptors (Lipinski definition) is 4. The minimum atomic E-state index is -0.361. The van der Waals surface area contributed by atoms with Crippen LogP contribution >= 0.6 is 0 Å². The van der Waals surface area contributed by atoms with Crippen molar-refractivity contribution in [1.29, 1.82) is 0 Å². The molecule has 170 valence electrons. The molecule has 1 atom stereocenters. The van der Waals surface area contributed by atoms with E-state index in [2.05, 4.69) is 10.3 Å². The summed E-state index contributed by atoms with van der Waals surface area (Å²) in [6.45, 7) is 0.137. The number of ether oxygens (including phenoxy) is 3. The van der Waals surface area contributed by atoms with Gasteiger partial charge in [0.1, 0.15) is 11.6 Å². The van der Waals surface area contributed by atoms with Crippen molar-refractivity contribution in [3.8, 4) is 17.2 Å². The molecule has 1 heterocycles. The maximum atomic E-state index is 13.1. The topological polar surface area (TPSA) is 72.6 Å². The number of aromatic nitrogens is 1. The van der Waals surface area contributed by atoms with E-state index in [9.17, 15) is 9.18 Å². The molecule has 0 saturated heterocycles. The van der Waals surface area contributed by atoms with Crippen LogP contribution in [0.4, 0.5) is 4.39 Å². The van der Waals surface area contributed by atoms with Gasteiger partial charge in [0.25, 0.3) is 5.91 Å². The van der Waals surface area contributed by atoms with Gasteiger partial charge in [0.05, 0.1) is 14.2 Å². The van der Waals surface area contributed by atoms with E-state index >= 15 is 0 Å². The van der Waals surface area contributed by atoms with Gasteiger partial charge in [0, 0.05) is 35.1 Å². The Bertz CT molecular complexity index is 1240. The minimum Gasteiger partial charge on any atom is -0.493 e. The number of carbonyl (C=O) groups excluding carboxylic acids is 1. The molecule has 2 N–H and O–H groups in total. The van der Waals surface area contributed by atoms with Crippen molar-refractivity contribution in [2.45, 2.75) is 5.92 Å². The summed E-state index contributed by atoms with van der Waals surface area (Å²) >= 11 is 0. The van der Waals surface area contributed by atoms with Crippen LogP contribution in [0.3, 0.4) is 0 Å². The van der Waals surface area contributed by atoms with E-state index in [0.717, 1.165) is 22.0 Å². The highest BCUT2D eigenvalue weighted by molar-refractivity contribution is 5.84. The fraction of sp³-hybridized carbons (Fsp3) is 0.192. The van der Waals surface area contributed by atoms with Crippen molar-refractivity contribution in [2.24, 2.45) is 0 Å². The fourth-order valence-corrected chi connectivity index (χ4v) is 3.90. The van der Waals surface area contributed by atoms with Gasteiger partial charge in [-0.05, 0) is 42.0 Å². The van der Waals surface area contributed by atoms with E-state index in [0.29, 0.717) is 23.8 Å². The number of aromatic amines is 1. The highest BCUT2D eigenvalue weighted by Gasteiger charge is 2.24. The SMILES string of the molecule is COc1cccc(C(CNC(=O)COc2ccc(F)cc2)c2c[nH]c3ccccc23)c1OC. The summed E-state index contributed by atoms with van der Waals surface area (Å²) in [5.74, 6) is 0.805. The van der Waals surface area contributed by atoms with E-state index in [1.165, 1.54) is 24.3 Å². The average Bonchev–Trinajstić information content (AvgIpc) is 3.27. The number of halogens is 1. The summed E-state index contributed by atoms with van der Waals surface area (Å²) in [5, 5.41) is 4.02. The lowest BCUT2D eigenvalue weighted by Crippen LogP contribution is -2.33. The van der Waals surface area contributed by atoms with E-state index in [1.54, 1.807) is 14.2 Å². The molecule has 0 saturated carbocycles. The van der Waals surface area contributed by atoms with Crippen LogP contribution in [0.2, 0.25) is 0 Å². The molecule has 1 unspecified atom stereocenters. The molecule has 0 radical (unpaired) electrons. The lowest BCUT2D eigenvalue weighted by Gasteiger charge is -2.22. The second-order valence-corrected chi connectivity index (χ2v) is 7.47. The first-order valence-electron chi connectivity index (χ1n) is 10.5. The summed E-state index contributed by atoms with van der Waals surface area (Å²) in [5.41, 5.74) is 2.92. The third-order valence-electron chi connectivity index (χ3n) is 5.49. The quantitative estimate of drug-likeness (QED) is 0.391. The van der Waals surface area contributed by atoms with Crippen LogP contribution in [0.25, 0.3) is 10.9 Å². The van der Waals surface area contributed by atoms with Crippen LogP contribution in [0.1, 0.15) is 17.0 Å². The van der Waals surface area contributed by atoms with Gasteiger partial charge < -0.3 is 24.5 Å². The van der Waals surface area contributed by atoms with Crippen molar-refractivity contribution >= 4 is 16.8 Å². The van der Waals surface area contributed by atoms with Gasteiger partial charge >= 0.3 is 0 Å². The molecule has 1 amide bonds. The van der Waals surface area contributed by atoms with Crippen LogP contribution in [0.5, 0.6) is 17.2 Å². The van der Waals surface area contributed by atoms with Gasteiger partial charge in [0.15, 0.2) is 18.1 Å². The van der Waals surface area contributed by atoms with Crippen LogP contribution in [-0.2, 0) is 4.79 Å². The number of nitrogens with one attached hydrogen (secondary N) is 2. The zero-order valence-electron chi connectivity index (χ0n) is 18.4. The summed E-state index contributed by atoms with van der Waals surface area (Å²) in [7, 11) is 3.19. The first-order valence-corrected chi connectivity index (χ1v) is 10.5. The Balaban J connectivity index is 1.59. The van der Waals surface area contributed by atoms with Crippen molar-refractivity contribution in [3.63, 3.8) is 0 Å². The standard InChI is InChI=1S/C26H25FN2O4/c1-31-24-9-5-7-20(26(24)32-2)22(21-14-28-23-8-4-3-6-19(21)23)15-29-25(30)16-33-18-12-10-17(27)11-13-18/h3-14,22,28H,15-16H2,1-2H3,(H,29,30). The molecule has 4 aromatic rings. The molecule has 6 nitrogen and oxygen atoms in total. The summed E-state index contributed by atoms with van der Waals surface area (Å²) in [4.78, 5) is 15.9. The number of H-pyrrole nitrogens is 1. The Morgan fingerprint density at radius 3 is 2.52 bits per heavy atom. The summed E-state index contributed by atoms with van der Waals surface area (Å²) in [6, 6.07) is 19.2. The number of rotatable bonds is 9. The van der Waals surface area contributed by atoms with Crippen LogP contribution in [0, 0.1) is 5.82 Å². The maximum Gasteiger partial charge on any atom is 0.257 e. The molecule has 4 rings (SSSR count). The third-order valence-corrected chi connectivity index (χ3v) is 5.49. The molecule has 0 aliphatic rings. The Hall–Kier alpha value is -4.00. The second-order valence-electron chi connectivity index (χ2n) is 7.47. The van der Waals surface area contributed by atoms with Crippen LogP contribution in [-0.4, -0.2) is 38.3 Å². The Morgan fingerprint density at radius 1 is 0.970 bits per heavy atom. The zero-order valence-corrected chi connectivity index (χ0v) is 18.4. The second kappa shape index (κ2) is 10.1. The first kappa shape index (κ1) is 22.2. The average molecular weight is 448 g/mol. The number of hydrogen-bond donors (Lipinski definition) is 2. The molecule has 3 aromatic carbocycles. The first-order chi connectivity index (χ1) is 16.1. The number of amides is 1. The minimum absolute atomic E-state index is 0.179. The van der Waals surface area contributed by atoms with Gasteiger partial charge in [-0.3, -0.25) is 4.79 Å². The fourth-order valence-electron chi connectivity index (χ4n) is 3.90. The van der Waals surface area contributed by atoms with E-state index in [1.807, 2.05) is 48.7 Å².